The number of carbonyl (C=O) groups excluding carboxylic acids is 1. The molecule has 0 aliphatic heterocycles. The van der Waals surface area contributed by atoms with Crippen LogP contribution in [0.5, 0.6) is 0 Å². The van der Waals surface area contributed by atoms with Crippen molar-refractivity contribution in [2.75, 3.05) is 12.8 Å². The molecule has 0 bridgehead atoms. The first-order valence-corrected chi connectivity index (χ1v) is 6.68. The highest BCUT2D eigenvalue weighted by atomic mass is 32.2. The molecule has 94 valence electrons. The summed E-state index contributed by atoms with van der Waals surface area (Å²) >= 11 is 0. The SMILES string of the molecule is CC(C)(C(=O)NCCCC(=O)O)S(C)(=O)=O. The number of rotatable bonds is 6. The summed E-state index contributed by atoms with van der Waals surface area (Å²) in [5.74, 6) is -1.56. The predicted octanol–water partition coefficient (Wildman–Crippen LogP) is -0.209. The van der Waals surface area contributed by atoms with E-state index >= 15 is 0 Å². The number of amides is 1. The molecular weight excluding hydrogens is 234 g/mol. The van der Waals surface area contributed by atoms with Gasteiger partial charge in [0.25, 0.3) is 0 Å². The highest BCUT2D eigenvalue weighted by molar-refractivity contribution is 7.92. The average Bonchev–Trinajstić information content (AvgIpc) is 2.09. The molecule has 0 saturated carbocycles. The average molecular weight is 251 g/mol. The first kappa shape index (κ1) is 14.9. The molecule has 0 heterocycles. The summed E-state index contributed by atoms with van der Waals surface area (Å²) in [7, 11) is -3.48. The van der Waals surface area contributed by atoms with Crippen LogP contribution in [0.25, 0.3) is 0 Å². The number of carboxylic acids is 1. The summed E-state index contributed by atoms with van der Waals surface area (Å²) in [5.41, 5.74) is 0. The molecule has 0 aromatic rings. The van der Waals surface area contributed by atoms with Crippen LogP contribution < -0.4 is 5.32 Å². The molecular formula is C9H17NO5S. The fourth-order valence-corrected chi connectivity index (χ4v) is 1.23. The van der Waals surface area contributed by atoms with Crippen molar-refractivity contribution >= 4 is 21.7 Å². The molecule has 1 amide bonds. The molecule has 0 saturated heterocycles. The normalized spacial score (nSPS) is 12.2. The van der Waals surface area contributed by atoms with E-state index in [1.807, 2.05) is 0 Å². The summed E-state index contributed by atoms with van der Waals surface area (Å²) in [6, 6.07) is 0. The van der Waals surface area contributed by atoms with E-state index in [2.05, 4.69) is 5.32 Å². The van der Waals surface area contributed by atoms with Gasteiger partial charge < -0.3 is 10.4 Å². The largest absolute Gasteiger partial charge is 0.481 e. The van der Waals surface area contributed by atoms with Crippen LogP contribution in [-0.2, 0) is 19.4 Å². The first-order valence-electron chi connectivity index (χ1n) is 4.78. The van der Waals surface area contributed by atoms with Gasteiger partial charge in [-0.3, -0.25) is 9.59 Å². The van der Waals surface area contributed by atoms with Gasteiger partial charge in [0.1, 0.15) is 4.75 Å². The van der Waals surface area contributed by atoms with E-state index in [4.69, 9.17) is 5.11 Å². The maximum absolute atomic E-state index is 11.5. The summed E-state index contributed by atoms with van der Waals surface area (Å²) in [6.07, 6.45) is 1.21. The molecule has 0 radical (unpaired) electrons. The van der Waals surface area contributed by atoms with Crippen LogP contribution in [-0.4, -0.2) is 42.9 Å². The van der Waals surface area contributed by atoms with Crippen molar-refractivity contribution in [3.05, 3.63) is 0 Å². The quantitative estimate of drug-likeness (QED) is 0.636. The molecule has 7 heteroatoms. The number of aliphatic carboxylic acids is 1. The summed E-state index contributed by atoms with van der Waals surface area (Å²) in [5, 5.41) is 10.8. The lowest BCUT2D eigenvalue weighted by atomic mass is 10.2. The Morgan fingerprint density at radius 1 is 1.31 bits per heavy atom. The number of hydrogen-bond donors (Lipinski definition) is 2. The van der Waals surface area contributed by atoms with Gasteiger partial charge in [0.15, 0.2) is 9.84 Å². The van der Waals surface area contributed by atoms with Crippen molar-refractivity contribution in [1.29, 1.82) is 0 Å². The fourth-order valence-electron chi connectivity index (χ4n) is 0.823. The Labute approximate surface area is 95.0 Å². The molecule has 0 aliphatic rings. The molecule has 0 aromatic carbocycles. The number of sulfone groups is 1. The van der Waals surface area contributed by atoms with Crippen molar-refractivity contribution in [3.8, 4) is 0 Å². The third-order valence-corrected chi connectivity index (χ3v) is 4.37. The fraction of sp³-hybridized carbons (Fsp3) is 0.778. The van der Waals surface area contributed by atoms with Crippen molar-refractivity contribution in [1.82, 2.24) is 5.32 Å². The zero-order valence-electron chi connectivity index (χ0n) is 9.61. The van der Waals surface area contributed by atoms with Crippen molar-refractivity contribution in [2.45, 2.75) is 31.4 Å². The second kappa shape index (κ2) is 5.29. The lowest BCUT2D eigenvalue weighted by Crippen LogP contribution is -2.47. The van der Waals surface area contributed by atoms with Crippen LogP contribution in [0.3, 0.4) is 0 Å². The van der Waals surface area contributed by atoms with E-state index in [9.17, 15) is 18.0 Å². The lowest BCUT2D eigenvalue weighted by molar-refractivity contribution is -0.137. The molecule has 0 rings (SSSR count). The van der Waals surface area contributed by atoms with E-state index in [1.165, 1.54) is 13.8 Å². The van der Waals surface area contributed by atoms with Gasteiger partial charge in [0.05, 0.1) is 0 Å². The van der Waals surface area contributed by atoms with E-state index in [0.29, 0.717) is 0 Å². The summed E-state index contributed by atoms with van der Waals surface area (Å²) in [4.78, 5) is 21.7. The molecule has 2 N–H and O–H groups in total. The monoisotopic (exact) mass is 251 g/mol. The zero-order chi connectivity index (χ0) is 13.0. The van der Waals surface area contributed by atoms with Crippen LogP contribution in [0.4, 0.5) is 0 Å². The molecule has 0 unspecified atom stereocenters. The molecule has 0 aliphatic carbocycles. The van der Waals surface area contributed by atoms with Gasteiger partial charge in [-0.05, 0) is 20.3 Å². The predicted molar refractivity (Wildman–Crippen MR) is 58.8 cm³/mol. The number of carbonyl (C=O) groups is 2. The van der Waals surface area contributed by atoms with Gasteiger partial charge in [-0.1, -0.05) is 0 Å². The summed E-state index contributed by atoms with van der Waals surface area (Å²) < 4.78 is 21.1. The number of nitrogens with one attached hydrogen (secondary N) is 1. The number of hydrogen-bond acceptors (Lipinski definition) is 4. The Kier molecular flexibility index (Phi) is 4.92. The maximum Gasteiger partial charge on any atom is 0.303 e. The van der Waals surface area contributed by atoms with Gasteiger partial charge in [-0.2, -0.15) is 0 Å². The van der Waals surface area contributed by atoms with Gasteiger partial charge >= 0.3 is 5.97 Å². The van der Waals surface area contributed by atoms with Gasteiger partial charge in [0.2, 0.25) is 5.91 Å². The Hall–Kier alpha value is -1.11. The van der Waals surface area contributed by atoms with Crippen molar-refractivity contribution in [3.63, 3.8) is 0 Å². The Bertz CT molecular complexity index is 371. The Morgan fingerprint density at radius 2 is 1.81 bits per heavy atom. The van der Waals surface area contributed by atoms with E-state index in [-0.39, 0.29) is 19.4 Å². The minimum atomic E-state index is -3.48. The Balaban J connectivity index is 4.23. The smallest absolute Gasteiger partial charge is 0.303 e. The van der Waals surface area contributed by atoms with Crippen LogP contribution in [0, 0.1) is 0 Å². The van der Waals surface area contributed by atoms with E-state index in [0.717, 1.165) is 6.26 Å². The molecule has 0 spiro atoms. The molecule has 0 aromatic heterocycles. The zero-order valence-corrected chi connectivity index (χ0v) is 10.4. The first-order chi connectivity index (χ1) is 7.09. The number of carboxylic acid groups (broad SMARTS) is 1. The highest BCUT2D eigenvalue weighted by Gasteiger charge is 2.37. The minimum absolute atomic E-state index is 0.0560. The second-order valence-corrected chi connectivity index (χ2v) is 6.60. The Morgan fingerprint density at radius 3 is 2.19 bits per heavy atom. The molecule has 0 fully saturated rings. The van der Waals surface area contributed by atoms with Crippen LogP contribution in [0.1, 0.15) is 26.7 Å². The lowest BCUT2D eigenvalue weighted by Gasteiger charge is -2.21. The third-order valence-electron chi connectivity index (χ3n) is 2.33. The van der Waals surface area contributed by atoms with Crippen LogP contribution >= 0.6 is 0 Å². The highest BCUT2D eigenvalue weighted by Crippen LogP contribution is 2.14. The van der Waals surface area contributed by atoms with Gasteiger partial charge in [-0.25, -0.2) is 8.42 Å². The second-order valence-electron chi connectivity index (χ2n) is 4.04. The topological polar surface area (TPSA) is 101 Å². The summed E-state index contributed by atoms with van der Waals surface area (Å²) in [6.45, 7) is 2.79. The van der Waals surface area contributed by atoms with E-state index in [1.54, 1.807) is 0 Å². The van der Waals surface area contributed by atoms with Crippen LogP contribution in [0.15, 0.2) is 0 Å². The maximum atomic E-state index is 11.5. The molecule has 6 nitrogen and oxygen atoms in total. The minimum Gasteiger partial charge on any atom is -0.481 e. The molecule has 0 atom stereocenters. The standard InChI is InChI=1S/C9H17NO5S/c1-9(2,16(3,14)15)8(13)10-6-4-5-7(11)12/h4-6H2,1-3H3,(H,10,13)(H,11,12). The van der Waals surface area contributed by atoms with E-state index < -0.39 is 26.5 Å². The van der Waals surface area contributed by atoms with Crippen molar-refractivity contribution < 1.29 is 23.1 Å². The third kappa shape index (κ3) is 4.18. The molecule has 16 heavy (non-hydrogen) atoms. The van der Waals surface area contributed by atoms with Crippen molar-refractivity contribution in [2.24, 2.45) is 0 Å². The van der Waals surface area contributed by atoms with Gasteiger partial charge in [-0.15, -0.1) is 0 Å². The van der Waals surface area contributed by atoms with Crippen LogP contribution in [0.2, 0.25) is 0 Å². The van der Waals surface area contributed by atoms with Gasteiger partial charge in [0, 0.05) is 19.2 Å².